The highest BCUT2D eigenvalue weighted by Gasteiger charge is 2.33. The van der Waals surface area contributed by atoms with E-state index in [0.717, 1.165) is 24.3 Å². The second kappa shape index (κ2) is 7.60. The second-order valence-electron chi connectivity index (χ2n) is 6.11. The van der Waals surface area contributed by atoms with Gasteiger partial charge in [-0.15, -0.1) is 0 Å². The number of hydrogen-bond donors (Lipinski definition) is 1. The van der Waals surface area contributed by atoms with Gasteiger partial charge in [-0.1, -0.05) is 27.7 Å². The number of methoxy groups -OCH3 is 2. The van der Waals surface area contributed by atoms with Crippen LogP contribution in [0.15, 0.2) is 18.5 Å². The Balaban J connectivity index is 3.09. The summed E-state index contributed by atoms with van der Waals surface area (Å²) in [5.74, 6) is 0.773. The molecule has 4 nitrogen and oxygen atoms in total. The molecule has 1 N–H and O–H groups in total. The summed E-state index contributed by atoms with van der Waals surface area (Å²) in [5.41, 5.74) is 1.13. The van der Waals surface area contributed by atoms with E-state index in [0.29, 0.717) is 0 Å². The van der Waals surface area contributed by atoms with Crippen LogP contribution in [0.1, 0.15) is 45.7 Å². The van der Waals surface area contributed by atoms with Crippen LogP contribution in [0.3, 0.4) is 0 Å². The summed E-state index contributed by atoms with van der Waals surface area (Å²) >= 11 is 0. The van der Waals surface area contributed by atoms with Gasteiger partial charge in [0, 0.05) is 13.3 Å². The van der Waals surface area contributed by atoms with Gasteiger partial charge in [0.2, 0.25) is 0 Å². The van der Waals surface area contributed by atoms with Crippen LogP contribution in [-0.2, 0) is 4.74 Å². The maximum atomic E-state index is 5.77. The van der Waals surface area contributed by atoms with Gasteiger partial charge in [0.25, 0.3) is 0 Å². The van der Waals surface area contributed by atoms with E-state index in [1.54, 1.807) is 20.4 Å². The van der Waals surface area contributed by atoms with Gasteiger partial charge in [-0.25, -0.2) is 0 Å². The summed E-state index contributed by atoms with van der Waals surface area (Å²) < 4.78 is 11.0. The zero-order valence-electron chi connectivity index (χ0n) is 13.6. The molecule has 0 amide bonds. The van der Waals surface area contributed by atoms with Crippen LogP contribution in [0, 0.1) is 5.41 Å². The maximum absolute atomic E-state index is 5.77. The molecule has 0 aromatic carbocycles. The predicted molar refractivity (Wildman–Crippen MR) is 82.1 cm³/mol. The molecule has 0 saturated carbocycles. The molecule has 1 rings (SSSR count). The van der Waals surface area contributed by atoms with Crippen LogP contribution < -0.4 is 10.1 Å². The Hall–Kier alpha value is -1.13. The van der Waals surface area contributed by atoms with Gasteiger partial charge in [0.05, 0.1) is 25.5 Å². The Morgan fingerprint density at radius 3 is 2.45 bits per heavy atom. The van der Waals surface area contributed by atoms with E-state index in [1.807, 2.05) is 12.3 Å². The monoisotopic (exact) mass is 280 g/mol. The van der Waals surface area contributed by atoms with Crippen LogP contribution in [-0.4, -0.2) is 31.9 Å². The minimum atomic E-state index is 0.0310. The molecule has 0 fully saturated rings. The topological polar surface area (TPSA) is 43.4 Å². The highest BCUT2D eigenvalue weighted by Crippen LogP contribution is 2.33. The molecule has 0 bridgehead atoms. The number of ether oxygens (including phenoxy) is 2. The van der Waals surface area contributed by atoms with Crippen molar-refractivity contribution in [2.24, 2.45) is 5.41 Å². The normalized spacial score (nSPS) is 14.9. The van der Waals surface area contributed by atoms with E-state index in [-0.39, 0.29) is 17.6 Å². The molecule has 1 aromatic heterocycles. The van der Waals surface area contributed by atoms with Crippen molar-refractivity contribution in [3.63, 3.8) is 0 Å². The molecule has 20 heavy (non-hydrogen) atoms. The lowest BCUT2D eigenvalue weighted by atomic mass is 9.82. The van der Waals surface area contributed by atoms with Crippen LogP contribution in [0.2, 0.25) is 0 Å². The van der Waals surface area contributed by atoms with E-state index >= 15 is 0 Å². The van der Waals surface area contributed by atoms with Crippen LogP contribution in [0.4, 0.5) is 0 Å². The van der Waals surface area contributed by atoms with Crippen molar-refractivity contribution in [1.82, 2.24) is 10.3 Å². The van der Waals surface area contributed by atoms with Gasteiger partial charge in [-0.05, 0) is 30.0 Å². The molecular formula is C16H28N2O2. The predicted octanol–water partition coefficient (Wildman–Crippen LogP) is 3.19. The molecule has 2 atom stereocenters. The largest absolute Gasteiger partial charge is 0.495 e. The fourth-order valence-electron chi connectivity index (χ4n) is 2.41. The summed E-state index contributed by atoms with van der Waals surface area (Å²) in [6.45, 7) is 9.67. The third-order valence-electron chi connectivity index (χ3n) is 3.35. The van der Waals surface area contributed by atoms with E-state index < -0.39 is 0 Å². The van der Waals surface area contributed by atoms with Crippen LogP contribution in [0.25, 0.3) is 0 Å². The molecule has 1 aromatic rings. The summed E-state index contributed by atoms with van der Waals surface area (Å²) in [6, 6.07) is 2.13. The van der Waals surface area contributed by atoms with E-state index in [1.165, 1.54) is 0 Å². The molecule has 1 heterocycles. The molecule has 0 aliphatic carbocycles. The van der Waals surface area contributed by atoms with Gasteiger partial charge in [0.1, 0.15) is 5.75 Å². The number of nitrogens with one attached hydrogen (secondary N) is 1. The highest BCUT2D eigenvalue weighted by molar-refractivity contribution is 5.27. The number of aromatic nitrogens is 1. The second-order valence-corrected chi connectivity index (χ2v) is 6.11. The molecule has 0 aliphatic heterocycles. The molecule has 0 radical (unpaired) electrons. The first-order chi connectivity index (χ1) is 9.43. The Morgan fingerprint density at radius 2 is 1.95 bits per heavy atom. The highest BCUT2D eigenvalue weighted by atomic mass is 16.5. The van der Waals surface area contributed by atoms with Crippen LogP contribution >= 0.6 is 0 Å². The minimum absolute atomic E-state index is 0.0310. The van der Waals surface area contributed by atoms with Gasteiger partial charge >= 0.3 is 0 Å². The Morgan fingerprint density at radius 1 is 1.25 bits per heavy atom. The Bertz CT molecular complexity index is 402. The van der Waals surface area contributed by atoms with E-state index in [4.69, 9.17) is 9.47 Å². The number of pyridine rings is 1. The standard InChI is InChI=1S/C16H28N2O2/c1-7-8-18-14(15(20-6)16(2,3)4)12-9-13(19-5)11-17-10-12/h9-11,14-15,18H,7-8H2,1-6H3. The number of nitrogens with zero attached hydrogens (tertiary/aromatic N) is 1. The quantitative estimate of drug-likeness (QED) is 0.833. The molecule has 0 aliphatic rings. The summed E-state index contributed by atoms with van der Waals surface area (Å²) in [7, 11) is 3.43. The first-order valence-corrected chi connectivity index (χ1v) is 7.19. The SMILES string of the molecule is CCCNC(c1cncc(OC)c1)C(OC)C(C)(C)C. The zero-order valence-corrected chi connectivity index (χ0v) is 13.6. The van der Waals surface area contributed by atoms with Gasteiger partial charge in [-0.3, -0.25) is 4.98 Å². The third kappa shape index (κ3) is 4.46. The maximum Gasteiger partial charge on any atom is 0.137 e. The lowest BCUT2D eigenvalue weighted by Gasteiger charge is -2.36. The smallest absolute Gasteiger partial charge is 0.137 e. The summed E-state index contributed by atoms with van der Waals surface area (Å²) in [5, 5.41) is 3.57. The molecule has 114 valence electrons. The summed E-state index contributed by atoms with van der Waals surface area (Å²) in [6.07, 6.45) is 4.74. The fourth-order valence-corrected chi connectivity index (χ4v) is 2.41. The van der Waals surface area contributed by atoms with E-state index in [2.05, 4.69) is 38.0 Å². The molecule has 4 heteroatoms. The van der Waals surface area contributed by atoms with Gasteiger partial charge in [-0.2, -0.15) is 0 Å². The molecular weight excluding hydrogens is 252 g/mol. The molecule has 2 unspecified atom stereocenters. The Kier molecular flexibility index (Phi) is 6.43. The van der Waals surface area contributed by atoms with Crippen molar-refractivity contribution >= 4 is 0 Å². The van der Waals surface area contributed by atoms with Crippen molar-refractivity contribution in [3.8, 4) is 5.75 Å². The van der Waals surface area contributed by atoms with Crippen molar-refractivity contribution in [2.75, 3.05) is 20.8 Å². The molecule has 0 spiro atoms. The minimum Gasteiger partial charge on any atom is -0.495 e. The van der Waals surface area contributed by atoms with Gasteiger partial charge < -0.3 is 14.8 Å². The number of hydrogen-bond acceptors (Lipinski definition) is 4. The van der Waals surface area contributed by atoms with Gasteiger partial charge in [0.15, 0.2) is 0 Å². The van der Waals surface area contributed by atoms with Crippen molar-refractivity contribution < 1.29 is 9.47 Å². The lowest BCUT2D eigenvalue weighted by molar-refractivity contribution is -0.0120. The average molecular weight is 280 g/mol. The van der Waals surface area contributed by atoms with Crippen molar-refractivity contribution in [1.29, 1.82) is 0 Å². The van der Waals surface area contributed by atoms with Crippen LogP contribution in [0.5, 0.6) is 5.75 Å². The third-order valence-corrected chi connectivity index (χ3v) is 3.35. The number of rotatable bonds is 7. The lowest BCUT2D eigenvalue weighted by Crippen LogP contribution is -2.41. The zero-order chi connectivity index (χ0) is 15.2. The van der Waals surface area contributed by atoms with E-state index in [9.17, 15) is 0 Å². The fraction of sp³-hybridized carbons (Fsp3) is 0.688. The average Bonchev–Trinajstić information content (AvgIpc) is 2.42. The first-order valence-electron chi connectivity index (χ1n) is 7.19. The summed E-state index contributed by atoms with van der Waals surface area (Å²) in [4.78, 5) is 4.26. The first kappa shape index (κ1) is 16.9. The van der Waals surface area contributed by atoms with Crippen molar-refractivity contribution in [3.05, 3.63) is 24.0 Å². The Labute approximate surface area is 122 Å². The molecule has 0 saturated heterocycles. The van der Waals surface area contributed by atoms with Crippen molar-refractivity contribution in [2.45, 2.75) is 46.3 Å².